The predicted octanol–water partition coefficient (Wildman–Crippen LogP) is 19.6. The van der Waals surface area contributed by atoms with Crippen LogP contribution in [-0.2, 0) is 23.9 Å². The zero-order valence-electron chi connectivity index (χ0n) is 47.0. The van der Waals surface area contributed by atoms with Crippen LogP contribution in [0.15, 0.2) is 177 Å². The molecule has 6 N–H and O–H groups in total. The number of hydrogen-bond donors (Lipinski definition) is 6. The number of phenols is 3. The second-order valence-corrected chi connectivity index (χ2v) is 26.4. The van der Waals surface area contributed by atoms with Crippen LogP contribution in [0, 0.1) is 10.1 Å². The highest BCUT2D eigenvalue weighted by Crippen LogP contribution is 2.44. The van der Waals surface area contributed by atoms with Crippen LogP contribution in [0.4, 0.5) is 17.1 Å². The number of hydrazone groups is 2. The molecule has 15 nitrogen and oxygen atoms in total. The van der Waals surface area contributed by atoms with Gasteiger partial charge in [-0.05, 0) is 143 Å². The van der Waals surface area contributed by atoms with E-state index in [2.05, 4.69) is 182 Å². The van der Waals surface area contributed by atoms with Crippen LogP contribution in [0.25, 0.3) is 0 Å². The van der Waals surface area contributed by atoms with Crippen molar-refractivity contribution in [3.8, 4) is 23.0 Å². The molecule has 86 heavy (non-hydrogen) atoms. The topological polar surface area (TPSA) is 216 Å². The van der Waals surface area contributed by atoms with Gasteiger partial charge in [0.05, 0.1) is 72.0 Å². The number of benzene rings is 7. The maximum Gasteiger partial charge on any atom is 0.269 e. The van der Waals surface area contributed by atoms with Crippen molar-refractivity contribution in [2.24, 2.45) is 15.2 Å². The summed E-state index contributed by atoms with van der Waals surface area (Å²) in [6.07, 6.45) is 6.49. The first-order valence-corrected chi connectivity index (χ1v) is 31.0. The summed E-state index contributed by atoms with van der Waals surface area (Å²) in [6.45, 7) is 14.0. The fourth-order valence-electron chi connectivity index (χ4n) is 7.24. The third-order valence-electron chi connectivity index (χ3n) is 11.8. The molecule has 0 atom stereocenters. The van der Waals surface area contributed by atoms with E-state index in [1.54, 1.807) is 49.0 Å². The standard InChI is InChI=1S/C18H19Br2NO.C16H17BrClN3.C14H10Br2ClNO2.C14H11Cl2N3O4/c1-18(2,3)14-6-4-12(5-7-14)10-21-11-13-8-15(19)9-16(20)17(13)22;1-16(2,3)12-8-14(18)15(9-13(12)17)21-20-10-11-6-4-5-7-19-11;15-9-5-11(13(19)12(16)6-9)14(20)18-7-8-2-1-3-10(17)4-8;1-23-11-6-10(15)12(16)13(14(11)20)18-17-7-8-2-4-9(5-3-8)19(21)22/h4-9,11,22H,10H2,1-3H3;4-10,21H,1-3H3;1-6,19H,7H2,(H,18,20);2-7,18,20H,1H3/b;20-10+;;17-7+. The summed E-state index contributed by atoms with van der Waals surface area (Å²) in [7, 11) is 1.38. The first kappa shape index (κ1) is 70.7. The van der Waals surface area contributed by atoms with Gasteiger partial charge in [0.2, 0.25) is 0 Å². The molecule has 0 aliphatic carbocycles. The van der Waals surface area contributed by atoms with E-state index in [-0.39, 0.29) is 66.7 Å². The van der Waals surface area contributed by atoms with Gasteiger partial charge < -0.3 is 25.4 Å². The van der Waals surface area contributed by atoms with Crippen molar-refractivity contribution in [1.82, 2.24) is 10.3 Å². The van der Waals surface area contributed by atoms with Crippen molar-refractivity contribution in [3.63, 3.8) is 0 Å². The van der Waals surface area contributed by atoms with Crippen molar-refractivity contribution in [2.75, 3.05) is 18.0 Å². The monoisotopic (exact) mass is 1560 g/mol. The molecule has 8 aromatic rings. The van der Waals surface area contributed by atoms with E-state index in [9.17, 15) is 30.2 Å². The Hall–Kier alpha value is -6.07. The van der Waals surface area contributed by atoms with Crippen molar-refractivity contribution >= 4 is 168 Å². The number of halogens is 9. The van der Waals surface area contributed by atoms with Crippen LogP contribution in [0.1, 0.15) is 91.0 Å². The van der Waals surface area contributed by atoms with Crippen LogP contribution in [0.2, 0.25) is 20.1 Å². The SMILES string of the molecule is CC(C)(C)c1cc(Cl)c(N/N=C/c2ccccn2)cc1Br.CC(C)(C)c1ccc(CN=Cc2cc(Br)cc(Br)c2O)cc1.COc1cc(Cl)c(Cl)c(N/N=C/c2ccc([N+](=O)[O-])cc2)c1O.O=C(NCc1cccc(Cl)c1)c1cc(Br)cc(Br)c1O. The molecule has 1 aromatic heterocycles. The van der Waals surface area contributed by atoms with Crippen molar-refractivity contribution in [2.45, 2.75) is 65.5 Å². The first-order valence-electron chi connectivity index (χ1n) is 25.5. The largest absolute Gasteiger partial charge is 0.506 e. The summed E-state index contributed by atoms with van der Waals surface area (Å²) in [4.78, 5) is 30.7. The van der Waals surface area contributed by atoms with E-state index in [0.717, 1.165) is 37.0 Å². The number of methoxy groups -OCH3 is 1. The molecular formula is C62H57Br5Cl4N8O7. The molecular weight excluding hydrogens is 1510 g/mol. The molecule has 0 saturated heterocycles. The maximum atomic E-state index is 12.1. The number of aliphatic imine (C=N–C) groups is 1. The summed E-state index contributed by atoms with van der Waals surface area (Å²) in [6, 6.07) is 39.3. The molecule has 7 aromatic carbocycles. The number of carbonyl (C=O) groups excluding carboxylic acids is 1. The number of carbonyl (C=O) groups is 1. The first-order chi connectivity index (χ1) is 40.5. The molecule has 0 unspecified atom stereocenters. The number of phenolic OH excluding ortho intramolecular Hbond substituents is 3. The summed E-state index contributed by atoms with van der Waals surface area (Å²) in [5.41, 5.74) is 13.3. The minimum Gasteiger partial charge on any atom is -0.506 e. The van der Waals surface area contributed by atoms with E-state index in [1.807, 2.05) is 48.5 Å². The van der Waals surface area contributed by atoms with Crippen LogP contribution < -0.4 is 20.9 Å². The highest BCUT2D eigenvalue weighted by Gasteiger charge is 2.20. The number of amides is 1. The van der Waals surface area contributed by atoms with Gasteiger partial charge >= 0.3 is 0 Å². The van der Waals surface area contributed by atoms with Crippen molar-refractivity contribution in [3.05, 3.63) is 237 Å². The van der Waals surface area contributed by atoms with Crippen LogP contribution in [0.5, 0.6) is 23.0 Å². The lowest BCUT2D eigenvalue weighted by Gasteiger charge is -2.22. The molecule has 1 amide bonds. The number of anilines is 2. The van der Waals surface area contributed by atoms with E-state index < -0.39 is 4.92 Å². The van der Waals surface area contributed by atoms with E-state index >= 15 is 0 Å². The number of nitrogens with zero attached hydrogens (tertiary/aromatic N) is 5. The average Bonchev–Trinajstić information content (AvgIpc) is 2.39. The Kier molecular flexibility index (Phi) is 27.4. The lowest BCUT2D eigenvalue weighted by atomic mass is 9.87. The van der Waals surface area contributed by atoms with Crippen molar-refractivity contribution < 1.29 is 29.8 Å². The number of hydrogen-bond acceptors (Lipinski definition) is 13. The van der Waals surface area contributed by atoms with Gasteiger partial charge in [0.25, 0.3) is 11.6 Å². The Labute approximate surface area is 561 Å². The molecule has 0 aliphatic rings. The number of aromatic nitrogens is 1. The lowest BCUT2D eigenvalue weighted by Crippen LogP contribution is -2.23. The normalized spacial score (nSPS) is 11.3. The second-order valence-electron chi connectivity index (χ2n) is 20.3. The Morgan fingerprint density at radius 1 is 0.674 bits per heavy atom. The van der Waals surface area contributed by atoms with Gasteiger partial charge in [0, 0.05) is 61.2 Å². The zero-order chi connectivity index (χ0) is 63.5. The molecule has 0 spiro atoms. The number of aromatic hydroxyl groups is 3. The van der Waals surface area contributed by atoms with E-state index in [1.165, 1.54) is 49.2 Å². The Bertz CT molecular complexity index is 3740. The molecule has 0 bridgehead atoms. The summed E-state index contributed by atoms with van der Waals surface area (Å²) in [5, 5.41) is 52.8. The quantitative estimate of drug-likeness (QED) is 0.0262. The summed E-state index contributed by atoms with van der Waals surface area (Å²) >= 11 is 40.9. The van der Waals surface area contributed by atoms with E-state index in [0.29, 0.717) is 47.7 Å². The summed E-state index contributed by atoms with van der Waals surface area (Å²) in [5.74, 6) is -0.327. The minimum absolute atomic E-state index is 0.0182. The van der Waals surface area contributed by atoms with Crippen LogP contribution in [-0.4, -0.2) is 56.9 Å². The zero-order valence-corrected chi connectivity index (χ0v) is 58.0. The van der Waals surface area contributed by atoms with Gasteiger partial charge in [-0.1, -0.05) is 178 Å². The number of ether oxygens (including phenoxy) is 1. The average molecular weight is 1570 g/mol. The second kappa shape index (κ2) is 33.3. The maximum absolute atomic E-state index is 12.1. The van der Waals surface area contributed by atoms with Gasteiger partial charge in [0.15, 0.2) is 11.5 Å². The fraction of sp³-hybridized carbons (Fsp3) is 0.177. The number of rotatable bonds is 14. The molecule has 8 rings (SSSR count). The highest BCUT2D eigenvalue weighted by atomic mass is 79.9. The minimum atomic E-state index is -0.491. The Morgan fingerprint density at radius 3 is 1.93 bits per heavy atom. The van der Waals surface area contributed by atoms with Crippen LogP contribution in [0.3, 0.4) is 0 Å². The van der Waals surface area contributed by atoms with E-state index in [4.69, 9.17) is 51.1 Å². The van der Waals surface area contributed by atoms with Gasteiger partial charge in [-0.2, -0.15) is 10.2 Å². The Morgan fingerprint density at radius 2 is 1.33 bits per heavy atom. The Balaban J connectivity index is 0.000000210. The predicted molar refractivity (Wildman–Crippen MR) is 368 cm³/mol. The van der Waals surface area contributed by atoms with Crippen LogP contribution >= 0.6 is 126 Å². The van der Waals surface area contributed by atoms with Crippen molar-refractivity contribution in [1.29, 1.82) is 0 Å². The molecule has 0 aliphatic heterocycles. The molecule has 24 heteroatoms. The summed E-state index contributed by atoms with van der Waals surface area (Å²) < 4.78 is 8.69. The smallest absolute Gasteiger partial charge is 0.269 e. The number of non-ortho nitro benzene ring substituents is 1. The molecule has 0 saturated carbocycles. The fourth-order valence-corrected chi connectivity index (χ4v) is 11.5. The molecule has 0 fully saturated rings. The number of nitro groups is 1. The third kappa shape index (κ3) is 22.0. The molecule has 450 valence electrons. The third-order valence-corrected chi connectivity index (χ3v) is 15.9. The lowest BCUT2D eigenvalue weighted by molar-refractivity contribution is -0.384. The van der Waals surface area contributed by atoms with Gasteiger partial charge in [-0.3, -0.25) is 35.7 Å². The van der Waals surface area contributed by atoms with Gasteiger partial charge in [-0.25, -0.2) is 0 Å². The number of nitrogens with one attached hydrogen (secondary N) is 3. The number of nitro benzene ring substituents is 1. The van der Waals surface area contributed by atoms with Gasteiger partial charge in [-0.15, -0.1) is 0 Å². The molecule has 0 radical (unpaired) electrons. The molecule has 1 heterocycles. The number of pyridine rings is 1. The van der Waals surface area contributed by atoms with Gasteiger partial charge in [0.1, 0.15) is 17.2 Å². The highest BCUT2D eigenvalue weighted by molar-refractivity contribution is 9.11.